The Labute approximate surface area is 190 Å². The molecular formula is C24H11N2O2Y-. The van der Waals surface area contributed by atoms with Crippen molar-refractivity contribution in [2.45, 2.75) is 0 Å². The standard InChI is InChI=1S/C24H11N2O2.Y/c1-26-23(27)18-9-7-16-14-4-2-3-13-12(11-25)5-6-15(20(13)14)17-8-10-19(24(26)28)22(18)21(16)17;/h2-10H,1H2;/q-1;. The van der Waals surface area contributed by atoms with Crippen molar-refractivity contribution in [3.8, 4) is 6.07 Å². The first-order valence-corrected chi connectivity index (χ1v) is 8.87. The van der Waals surface area contributed by atoms with Crippen LogP contribution in [0.3, 0.4) is 0 Å². The molecule has 4 nitrogen and oxygen atoms in total. The molecule has 5 aromatic rings. The Balaban J connectivity index is 0.00000181. The Kier molecular flexibility index (Phi) is 3.80. The Hall–Kier alpha value is -2.87. The molecule has 1 heterocycles. The van der Waals surface area contributed by atoms with E-state index >= 15 is 0 Å². The number of fused-ring (bicyclic) bond motifs is 2. The average Bonchev–Trinajstić information content (AvgIpc) is 2.74. The Morgan fingerprint density at radius 1 is 0.690 bits per heavy atom. The van der Waals surface area contributed by atoms with Gasteiger partial charge in [-0.3, -0.25) is 9.59 Å². The van der Waals surface area contributed by atoms with E-state index in [1.807, 2.05) is 42.5 Å². The maximum Gasteiger partial charge on any atom is 0.231 e. The van der Waals surface area contributed by atoms with Gasteiger partial charge in [-0.25, -0.2) is 7.05 Å². The first-order chi connectivity index (χ1) is 13.6. The van der Waals surface area contributed by atoms with Gasteiger partial charge in [-0.2, -0.15) is 5.26 Å². The van der Waals surface area contributed by atoms with Gasteiger partial charge in [0.05, 0.1) is 11.6 Å². The van der Waals surface area contributed by atoms with Gasteiger partial charge in [0.1, 0.15) is 0 Å². The molecule has 2 amide bonds. The Morgan fingerprint density at radius 3 is 1.83 bits per heavy atom. The van der Waals surface area contributed by atoms with Crippen molar-refractivity contribution in [1.82, 2.24) is 4.90 Å². The third-order valence-electron chi connectivity index (χ3n) is 5.85. The number of amides is 2. The van der Waals surface area contributed by atoms with E-state index in [1.54, 1.807) is 12.1 Å². The van der Waals surface area contributed by atoms with Gasteiger partial charge in [0.2, 0.25) is 11.8 Å². The fourth-order valence-electron chi connectivity index (χ4n) is 4.64. The van der Waals surface area contributed by atoms with Crippen molar-refractivity contribution < 1.29 is 42.3 Å². The number of hydrogen-bond acceptors (Lipinski definition) is 3. The molecule has 1 radical (unpaired) electrons. The fourth-order valence-corrected chi connectivity index (χ4v) is 4.64. The van der Waals surface area contributed by atoms with Gasteiger partial charge in [-0.15, -0.1) is 0 Å². The third-order valence-corrected chi connectivity index (χ3v) is 5.85. The maximum atomic E-state index is 12.7. The molecule has 0 unspecified atom stereocenters. The number of benzene rings is 5. The van der Waals surface area contributed by atoms with Gasteiger partial charge in [0.25, 0.3) is 0 Å². The van der Waals surface area contributed by atoms with Gasteiger partial charge in [-0.05, 0) is 50.5 Å². The molecule has 0 atom stereocenters. The van der Waals surface area contributed by atoms with Crippen LogP contribution in [0.4, 0.5) is 0 Å². The fraction of sp³-hybridized carbons (Fsp3) is 0. The normalized spacial score (nSPS) is 13.4. The van der Waals surface area contributed by atoms with Crippen molar-refractivity contribution in [3.63, 3.8) is 0 Å². The van der Waals surface area contributed by atoms with Crippen molar-refractivity contribution in [2.24, 2.45) is 0 Å². The molecule has 6 rings (SSSR count). The van der Waals surface area contributed by atoms with E-state index in [2.05, 4.69) is 13.1 Å². The molecule has 0 N–H and O–H groups in total. The molecule has 0 fully saturated rings. The number of rotatable bonds is 0. The van der Waals surface area contributed by atoms with Crippen LogP contribution in [-0.4, -0.2) is 16.7 Å². The van der Waals surface area contributed by atoms with Crippen molar-refractivity contribution >= 4 is 54.9 Å². The zero-order valence-electron chi connectivity index (χ0n) is 15.2. The van der Waals surface area contributed by atoms with Crippen LogP contribution in [0.2, 0.25) is 0 Å². The van der Waals surface area contributed by atoms with E-state index in [0.717, 1.165) is 42.6 Å². The van der Waals surface area contributed by atoms with Crippen LogP contribution in [0.15, 0.2) is 54.6 Å². The number of nitrogens with zero attached hydrogens (tertiary/aromatic N) is 2. The zero-order chi connectivity index (χ0) is 19.2. The zero-order valence-corrected chi connectivity index (χ0v) is 18.0. The summed E-state index contributed by atoms with van der Waals surface area (Å²) in [6, 6.07) is 19.4. The van der Waals surface area contributed by atoms with Crippen LogP contribution in [0.5, 0.6) is 0 Å². The summed E-state index contributed by atoms with van der Waals surface area (Å²) < 4.78 is 0. The van der Waals surface area contributed by atoms with Crippen LogP contribution >= 0.6 is 0 Å². The van der Waals surface area contributed by atoms with Crippen LogP contribution in [-0.2, 0) is 32.7 Å². The summed E-state index contributed by atoms with van der Waals surface area (Å²) in [6.45, 7) is 0. The van der Waals surface area contributed by atoms with Crippen LogP contribution < -0.4 is 0 Å². The number of nitriles is 1. The third kappa shape index (κ3) is 2.09. The molecule has 29 heavy (non-hydrogen) atoms. The van der Waals surface area contributed by atoms with E-state index in [-0.39, 0.29) is 44.5 Å². The first kappa shape index (κ1) is 18.2. The molecule has 0 saturated heterocycles. The molecule has 1 aliphatic heterocycles. The molecule has 0 aromatic heterocycles. The molecule has 5 aromatic carbocycles. The minimum Gasteiger partial charge on any atom is -0.430 e. The monoisotopic (exact) mass is 448 g/mol. The SMILES string of the molecule is [CH2-]N1C(=O)c2ccc3c4cccc5c(C#N)ccc(c6ccc(c2c36)C1=O)c54.[Y]. The van der Waals surface area contributed by atoms with Crippen LogP contribution in [0.1, 0.15) is 26.3 Å². The summed E-state index contributed by atoms with van der Waals surface area (Å²) in [7, 11) is 3.61. The predicted molar refractivity (Wildman–Crippen MR) is 108 cm³/mol. The molecule has 5 heteroatoms. The number of imide groups is 1. The van der Waals surface area contributed by atoms with Gasteiger partial charge >= 0.3 is 0 Å². The van der Waals surface area contributed by atoms with E-state index < -0.39 is 0 Å². The van der Waals surface area contributed by atoms with Crippen molar-refractivity contribution in [3.05, 3.63) is 78.3 Å². The Bertz CT molecular complexity index is 1510. The summed E-state index contributed by atoms with van der Waals surface area (Å²) >= 11 is 0. The molecule has 0 bridgehead atoms. The summed E-state index contributed by atoms with van der Waals surface area (Å²) in [5.74, 6) is -0.768. The van der Waals surface area contributed by atoms with Gasteiger partial charge in [-0.1, -0.05) is 36.4 Å². The van der Waals surface area contributed by atoms with E-state index in [1.165, 1.54) is 0 Å². The molecule has 133 valence electrons. The number of carbonyl (C=O) groups excluding carboxylic acids is 2. The van der Waals surface area contributed by atoms with E-state index in [4.69, 9.17) is 0 Å². The van der Waals surface area contributed by atoms with Gasteiger partial charge in [0.15, 0.2) is 0 Å². The second-order valence-corrected chi connectivity index (χ2v) is 7.11. The van der Waals surface area contributed by atoms with Gasteiger partial charge in [0, 0.05) is 54.6 Å². The minimum atomic E-state index is -0.384. The smallest absolute Gasteiger partial charge is 0.231 e. The summed E-state index contributed by atoms with van der Waals surface area (Å²) in [5.41, 5.74) is 1.62. The maximum absolute atomic E-state index is 12.7. The Morgan fingerprint density at radius 2 is 1.21 bits per heavy atom. The molecule has 0 spiro atoms. The first-order valence-electron chi connectivity index (χ1n) is 8.87. The second kappa shape index (κ2) is 6.06. The van der Waals surface area contributed by atoms with Crippen molar-refractivity contribution in [2.75, 3.05) is 0 Å². The second-order valence-electron chi connectivity index (χ2n) is 7.11. The quantitative estimate of drug-likeness (QED) is 0.145. The van der Waals surface area contributed by atoms with E-state index in [0.29, 0.717) is 22.1 Å². The number of carbonyl (C=O) groups is 2. The van der Waals surface area contributed by atoms with Gasteiger partial charge < -0.3 is 4.90 Å². The molecular weight excluding hydrogens is 437 g/mol. The molecule has 0 aliphatic carbocycles. The number of hydrogen-bond donors (Lipinski definition) is 0. The average molecular weight is 448 g/mol. The van der Waals surface area contributed by atoms with Crippen LogP contribution in [0.25, 0.3) is 43.1 Å². The van der Waals surface area contributed by atoms with Crippen molar-refractivity contribution in [1.29, 1.82) is 5.26 Å². The summed E-state index contributed by atoms with van der Waals surface area (Å²) in [6.07, 6.45) is 0. The van der Waals surface area contributed by atoms with E-state index in [9.17, 15) is 14.9 Å². The minimum absolute atomic E-state index is 0. The van der Waals surface area contributed by atoms with Crippen LogP contribution in [0, 0.1) is 18.4 Å². The largest absolute Gasteiger partial charge is 0.430 e. The topological polar surface area (TPSA) is 61.2 Å². The predicted octanol–water partition coefficient (Wildman–Crippen LogP) is 4.99. The summed E-state index contributed by atoms with van der Waals surface area (Å²) in [4.78, 5) is 26.3. The summed E-state index contributed by atoms with van der Waals surface area (Å²) in [5, 5.41) is 17.0. The molecule has 1 aliphatic rings. The molecule has 0 saturated carbocycles.